The quantitative estimate of drug-likeness (QED) is 0.854. The van der Waals surface area contributed by atoms with Crippen LogP contribution in [0.4, 0.5) is 5.95 Å². The molecule has 0 unspecified atom stereocenters. The maximum absolute atomic E-state index is 12.6. The summed E-state index contributed by atoms with van der Waals surface area (Å²) < 4.78 is 0. The number of amides is 1. The largest absolute Gasteiger partial charge is 0.342 e. The zero-order chi connectivity index (χ0) is 16.4. The Morgan fingerprint density at radius 2 is 1.92 bits per heavy atom. The highest BCUT2D eigenvalue weighted by Crippen LogP contribution is 2.32. The maximum Gasteiger partial charge on any atom is 0.227 e. The zero-order valence-corrected chi connectivity index (χ0v) is 13.6. The molecule has 6 heteroatoms. The first-order chi connectivity index (χ1) is 11.8. The van der Waals surface area contributed by atoms with Crippen LogP contribution in [0.5, 0.6) is 0 Å². The Kier molecular flexibility index (Phi) is 4.11. The molecule has 2 fully saturated rings. The molecule has 0 bridgehead atoms. The molecule has 4 rings (SSSR count). The second kappa shape index (κ2) is 6.55. The SMILES string of the molecule is O=C(Cc1cccnc1)N1C[C@@H]2CCN(c3ncccn3)C[C@@H]2C1. The van der Waals surface area contributed by atoms with Crippen LogP contribution in [0.25, 0.3) is 0 Å². The van der Waals surface area contributed by atoms with Gasteiger partial charge >= 0.3 is 0 Å². The Morgan fingerprint density at radius 1 is 1.08 bits per heavy atom. The van der Waals surface area contributed by atoms with Crippen LogP contribution >= 0.6 is 0 Å². The first-order valence-corrected chi connectivity index (χ1v) is 8.48. The predicted octanol–water partition coefficient (Wildman–Crippen LogP) is 1.40. The minimum Gasteiger partial charge on any atom is -0.342 e. The van der Waals surface area contributed by atoms with Crippen molar-refractivity contribution >= 4 is 11.9 Å². The third-order valence-corrected chi connectivity index (χ3v) is 5.07. The molecular formula is C18H21N5O. The number of rotatable bonds is 3. The number of hydrogen-bond donors (Lipinski definition) is 0. The molecule has 0 spiro atoms. The summed E-state index contributed by atoms with van der Waals surface area (Å²) in [5, 5.41) is 0. The van der Waals surface area contributed by atoms with E-state index in [0.29, 0.717) is 18.3 Å². The van der Waals surface area contributed by atoms with Crippen LogP contribution in [-0.2, 0) is 11.2 Å². The van der Waals surface area contributed by atoms with Crippen molar-refractivity contribution in [2.24, 2.45) is 11.8 Å². The lowest BCUT2D eigenvalue weighted by atomic mass is 9.89. The number of pyridine rings is 1. The van der Waals surface area contributed by atoms with E-state index in [4.69, 9.17) is 0 Å². The summed E-state index contributed by atoms with van der Waals surface area (Å²) in [6, 6.07) is 5.68. The fraction of sp³-hybridized carbons (Fsp3) is 0.444. The molecule has 2 atom stereocenters. The molecular weight excluding hydrogens is 302 g/mol. The Morgan fingerprint density at radius 3 is 2.71 bits per heavy atom. The molecule has 2 saturated heterocycles. The Bertz CT molecular complexity index is 693. The van der Waals surface area contributed by atoms with Gasteiger partial charge in [-0.2, -0.15) is 0 Å². The van der Waals surface area contributed by atoms with Crippen LogP contribution < -0.4 is 4.90 Å². The van der Waals surface area contributed by atoms with E-state index in [9.17, 15) is 4.79 Å². The monoisotopic (exact) mass is 323 g/mol. The number of carbonyl (C=O) groups is 1. The average molecular weight is 323 g/mol. The Labute approximate surface area is 141 Å². The van der Waals surface area contributed by atoms with Gasteiger partial charge in [0.25, 0.3) is 0 Å². The lowest BCUT2D eigenvalue weighted by Gasteiger charge is -2.34. The number of anilines is 1. The molecule has 0 radical (unpaired) electrons. The van der Waals surface area contributed by atoms with Gasteiger partial charge in [0.1, 0.15) is 0 Å². The fourth-order valence-corrected chi connectivity index (χ4v) is 3.80. The summed E-state index contributed by atoms with van der Waals surface area (Å²) in [6.07, 6.45) is 8.62. The number of fused-ring (bicyclic) bond motifs is 1. The van der Waals surface area contributed by atoms with Crippen LogP contribution in [0.15, 0.2) is 43.0 Å². The molecule has 24 heavy (non-hydrogen) atoms. The topological polar surface area (TPSA) is 62.2 Å². The van der Waals surface area contributed by atoms with E-state index < -0.39 is 0 Å². The smallest absolute Gasteiger partial charge is 0.227 e. The van der Waals surface area contributed by atoms with Crippen molar-refractivity contribution in [3.8, 4) is 0 Å². The number of carbonyl (C=O) groups excluding carboxylic acids is 1. The van der Waals surface area contributed by atoms with Crippen molar-refractivity contribution in [2.45, 2.75) is 12.8 Å². The minimum atomic E-state index is 0.208. The van der Waals surface area contributed by atoms with Crippen LogP contribution in [0.2, 0.25) is 0 Å². The molecule has 4 heterocycles. The standard InChI is InChI=1S/C18H21N5O/c24-17(9-14-3-1-5-19-10-14)23-11-15-4-8-22(12-16(15)13-23)18-20-6-2-7-21-18/h1-3,5-7,10,15-16H,4,8-9,11-13H2/t15-,16+/m0/s1. The van der Waals surface area contributed by atoms with E-state index >= 15 is 0 Å². The summed E-state index contributed by atoms with van der Waals surface area (Å²) in [4.78, 5) is 29.6. The summed E-state index contributed by atoms with van der Waals surface area (Å²) >= 11 is 0. The number of likely N-dealkylation sites (tertiary alicyclic amines) is 1. The molecule has 0 aliphatic carbocycles. The van der Waals surface area contributed by atoms with E-state index in [2.05, 4.69) is 19.9 Å². The van der Waals surface area contributed by atoms with E-state index in [1.54, 1.807) is 24.8 Å². The van der Waals surface area contributed by atoms with Gasteiger partial charge in [-0.15, -0.1) is 0 Å². The van der Waals surface area contributed by atoms with Crippen molar-refractivity contribution in [1.82, 2.24) is 19.9 Å². The van der Waals surface area contributed by atoms with Gasteiger partial charge in [0.15, 0.2) is 0 Å². The highest BCUT2D eigenvalue weighted by Gasteiger charge is 2.39. The first kappa shape index (κ1) is 15.1. The molecule has 0 aromatic carbocycles. The van der Waals surface area contributed by atoms with Crippen LogP contribution in [-0.4, -0.2) is 51.9 Å². The average Bonchev–Trinajstić information content (AvgIpc) is 3.07. The molecule has 2 aromatic heterocycles. The molecule has 2 aromatic rings. The second-order valence-electron chi connectivity index (χ2n) is 6.64. The normalized spacial score (nSPS) is 23.2. The number of hydrogen-bond acceptors (Lipinski definition) is 5. The number of piperidine rings is 1. The van der Waals surface area contributed by atoms with Gasteiger partial charge < -0.3 is 9.80 Å². The highest BCUT2D eigenvalue weighted by atomic mass is 16.2. The van der Waals surface area contributed by atoms with E-state index in [-0.39, 0.29) is 5.91 Å². The van der Waals surface area contributed by atoms with Crippen molar-refractivity contribution in [2.75, 3.05) is 31.1 Å². The van der Waals surface area contributed by atoms with Crippen LogP contribution in [0, 0.1) is 11.8 Å². The van der Waals surface area contributed by atoms with Gasteiger partial charge in [-0.1, -0.05) is 6.07 Å². The van der Waals surface area contributed by atoms with Crippen molar-refractivity contribution < 1.29 is 4.79 Å². The highest BCUT2D eigenvalue weighted by molar-refractivity contribution is 5.79. The summed E-state index contributed by atoms with van der Waals surface area (Å²) in [7, 11) is 0. The van der Waals surface area contributed by atoms with Gasteiger partial charge in [0.05, 0.1) is 6.42 Å². The zero-order valence-electron chi connectivity index (χ0n) is 13.6. The summed E-state index contributed by atoms with van der Waals surface area (Å²) in [5.41, 5.74) is 0.983. The molecule has 124 valence electrons. The fourth-order valence-electron chi connectivity index (χ4n) is 3.80. The second-order valence-corrected chi connectivity index (χ2v) is 6.64. The molecule has 0 N–H and O–H groups in total. The third-order valence-electron chi connectivity index (χ3n) is 5.07. The van der Waals surface area contributed by atoms with Gasteiger partial charge in [-0.25, -0.2) is 9.97 Å². The molecule has 1 amide bonds. The third kappa shape index (κ3) is 3.09. The maximum atomic E-state index is 12.6. The van der Waals surface area contributed by atoms with Crippen LogP contribution in [0.1, 0.15) is 12.0 Å². The van der Waals surface area contributed by atoms with Gasteiger partial charge in [0, 0.05) is 51.0 Å². The van der Waals surface area contributed by atoms with Crippen molar-refractivity contribution in [1.29, 1.82) is 0 Å². The summed E-state index contributed by atoms with van der Waals surface area (Å²) in [5.74, 6) is 2.12. The molecule has 0 saturated carbocycles. The minimum absolute atomic E-state index is 0.208. The van der Waals surface area contributed by atoms with Crippen molar-refractivity contribution in [3.05, 3.63) is 48.5 Å². The van der Waals surface area contributed by atoms with Gasteiger partial charge in [0.2, 0.25) is 11.9 Å². The van der Waals surface area contributed by atoms with Crippen molar-refractivity contribution in [3.63, 3.8) is 0 Å². The van der Waals surface area contributed by atoms with E-state index in [0.717, 1.165) is 44.1 Å². The molecule has 2 aliphatic rings. The summed E-state index contributed by atoms with van der Waals surface area (Å²) in [6.45, 7) is 3.63. The Hall–Kier alpha value is -2.50. The van der Waals surface area contributed by atoms with Gasteiger partial charge in [-0.3, -0.25) is 9.78 Å². The number of nitrogens with zero attached hydrogens (tertiary/aromatic N) is 5. The lowest BCUT2D eigenvalue weighted by molar-refractivity contribution is -0.129. The Balaban J connectivity index is 1.38. The molecule has 2 aliphatic heterocycles. The van der Waals surface area contributed by atoms with E-state index in [1.165, 1.54) is 0 Å². The van der Waals surface area contributed by atoms with Gasteiger partial charge in [-0.05, 0) is 36.0 Å². The molecule has 6 nitrogen and oxygen atoms in total. The number of aromatic nitrogens is 3. The first-order valence-electron chi connectivity index (χ1n) is 8.48. The van der Waals surface area contributed by atoms with Crippen LogP contribution in [0.3, 0.4) is 0 Å². The van der Waals surface area contributed by atoms with E-state index in [1.807, 2.05) is 23.1 Å². The lowest BCUT2D eigenvalue weighted by Crippen LogP contribution is -2.40. The predicted molar refractivity (Wildman–Crippen MR) is 90.4 cm³/mol.